The Morgan fingerprint density at radius 1 is 1.43 bits per heavy atom. The summed E-state index contributed by atoms with van der Waals surface area (Å²) in [6.45, 7) is 1.44. The molecule has 1 aromatic rings. The Bertz CT molecular complexity index is 385. The number of Topliss-reactive ketones (excluding diaryl/α,β-unsaturated/α-hetero) is 1. The molecule has 0 aliphatic heterocycles. The van der Waals surface area contributed by atoms with E-state index in [1.54, 1.807) is 12.1 Å². The Labute approximate surface area is 89.9 Å². The summed E-state index contributed by atoms with van der Waals surface area (Å²) in [6.07, 6.45) is 0.162. The zero-order chi connectivity index (χ0) is 10.7. The average Bonchev–Trinajstić information content (AvgIpc) is 2.07. The highest BCUT2D eigenvalue weighted by molar-refractivity contribution is 9.10. The van der Waals surface area contributed by atoms with Crippen molar-refractivity contribution < 1.29 is 14.7 Å². The topological polar surface area (TPSA) is 54.4 Å². The van der Waals surface area contributed by atoms with Gasteiger partial charge < -0.3 is 5.11 Å². The van der Waals surface area contributed by atoms with Crippen molar-refractivity contribution in [3.63, 3.8) is 0 Å². The number of hydrogen-bond acceptors (Lipinski definition) is 2. The molecule has 0 atom stereocenters. The molecule has 0 amide bonds. The first-order valence-electron chi connectivity index (χ1n) is 4.02. The minimum absolute atomic E-state index is 0.0465. The van der Waals surface area contributed by atoms with Crippen LogP contribution >= 0.6 is 15.9 Å². The number of aromatic carboxylic acids is 1. The maximum atomic E-state index is 10.9. The molecule has 1 rings (SSSR count). The molecule has 0 unspecified atom stereocenters. The van der Waals surface area contributed by atoms with Crippen molar-refractivity contribution >= 4 is 27.7 Å². The number of halogens is 1. The molecule has 4 heteroatoms. The van der Waals surface area contributed by atoms with Crippen LogP contribution in [0.3, 0.4) is 0 Å². The van der Waals surface area contributed by atoms with E-state index in [-0.39, 0.29) is 17.8 Å². The highest BCUT2D eigenvalue weighted by atomic mass is 79.9. The normalized spacial score (nSPS) is 9.86. The van der Waals surface area contributed by atoms with Gasteiger partial charge in [-0.2, -0.15) is 0 Å². The largest absolute Gasteiger partial charge is 0.478 e. The molecule has 0 fully saturated rings. The van der Waals surface area contributed by atoms with Gasteiger partial charge in [0.25, 0.3) is 0 Å². The molecule has 0 aromatic heterocycles. The van der Waals surface area contributed by atoms with Crippen LogP contribution in [0.25, 0.3) is 0 Å². The number of carboxylic acid groups (broad SMARTS) is 1. The smallest absolute Gasteiger partial charge is 0.336 e. The molecule has 0 heterocycles. The van der Waals surface area contributed by atoms with Gasteiger partial charge in [0.2, 0.25) is 0 Å². The quantitative estimate of drug-likeness (QED) is 0.903. The number of benzene rings is 1. The number of hydrogen-bond donors (Lipinski definition) is 1. The molecule has 0 aliphatic rings. The summed E-state index contributed by atoms with van der Waals surface area (Å²) in [6, 6.07) is 4.88. The van der Waals surface area contributed by atoms with Crippen molar-refractivity contribution in [1.82, 2.24) is 0 Å². The van der Waals surface area contributed by atoms with E-state index in [4.69, 9.17) is 5.11 Å². The van der Waals surface area contributed by atoms with Crippen LogP contribution in [0.5, 0.6) is 0 Å². The first-order chi connectivity index (χ1) is 6.50. The second-order valence-electron chi connectivity index (χ2n) is 2.99. The third kappa shape index (κ3) is 2.67. The molecular weight excluding hydrogens is 248 g/mol. The highest BCUT2D eigenvalue weighted by Crippen LogP contribution is 2.17. The van der Waals surface area contributed by atoms with Crippen molar-refractivity contribution in [3.05, 3.63) is 33.8 Å². The van der Waals surface area contributed by atoms with Gasteiger partial charge in [0.1, 0.15) is 5.78 Å². The van der Waals surface area contributed by atoms with Crippen LogP contribution < -0.4 is 0 Å². The molecule has 1 aromatic carbocycles. The molecule has 0 aliphatic carbocycles. The summed E-state index contributed by atoms with van der Waals surface area (Å²) < 4.78 is 0.696. The van der Waals surface area contributed by atoms with E-state index in [1.165, 1.54) is 13.0 Å². The zero-order valence-electron chi connectivity index (χ0n) is 7.58. The van der Waals surface area contributed by atoms with Crippen LogP contribution in [-0.2, 0) is 11.2 Å². The third-order valence-corrected chi connectivity index (χ3v) is 2.23. The second-order valence-corrected chi connectivity index (χ2v) is 3.90. The fourth-order valence-electron chi connectivity index (χ4n) is 1.17. The van der Waals surface area contributed by atoms with E-state index in [9.17, 15) is 9.59 Å². The number of carboxylic acids is 1. The molecular formula is C10H9BrO3. The van der Waals surface area contributed by atoms with E-state index < -0.39 is 5.97 Å². The summed E-state index contributed by atoms with van der Waals surface area (Å²) in [5.74, 6) is -1.06. The SMILES string of the molecule is CC(=O)Cc1ccc(Br)cc1C(=O)O. The van der Waals surface area contributed by atoms with Crippen LogP contribution in [-0.4, -0.2) is 16.9 Å². The maximum Gasteiger partial charge on any atom is 0.336 e. The van der Waals surface area contributed by atoms with Crippen LogP contribution in [0.1, 0.15) is 22.8 Å². The van der Waals surface area contributed by atoms with Gasteiger partial charge in [0.15, 0.2) is 0 Å². The molecule has 0 saturated carbocycles. The Balaban J connectivity index is 3.14. The molecule has 74 valence electrons. The molecule has 0 spiro atoms. The van der Waals surface area contributed by atoms with E-state index >= 15 is 0 Å². The Hall–Kier alpha value is -1.16. The van der Waals surface area contributed by atoms with Crippen molar-refractivity contribution in [2.75, 3.05) is 0 Å². The van der Waals surface area contributed by atoms with Crippen molar-refractivity contribution in [2.24, 2.45) is 0 Å². The second kappa shape index (κ2) is 4.37. The first-order valence-corrected chi connectivity index (χ1v) is 4.81. The Kier molecular flexibility index (Phi) is 3.41. The van der Waals surface area contributed by atoms with Crippen LogP contribution in [0.4, 0.5) is 0 Å². The van der Waals surface area contributed by atoms with Gasteiger partial charge in [-0.05, 0) is 24.6 Å². The highest BCUT2D eigenvalue weighted by Gasteiger charge is 2.11. The molecule has 14 heavy (non-hydrogen) atoms. The summed E-state index contributed by atoms with van der Waals surface area (Å²) in [5.41, 5.74) is 0.725. The minimum Gasteiger partial charge on any atom is -0.478 e. The minimum atomic E-state index is -1.01. The van der Waals surface area contributed by atoms with Crippen molar-refractivity contribution in [2.45, 2.75) is 13.3 Å². The lowest BCUT2D eigenvalue weighted by atomic mass is 10.0. The summed E-state index contributed by atoms with van der Waals surface area (Å²) >= 11 is 3.18. The van der Waals surface area contributed by atoms with E-state index in [1.807, 2.05) is 0 Å². The summed E-state index contributed by atoms with van der Waals surface area (Å²) in [4.78, 5) is 21.7. The van der Waals surface area contributed by atoms with Gasteiger partial charge in [-0.25, -0.2) is 4.79 Å². The number of carbonyl (C=O) groups is 2. The fourth-order valence-corrected chi connectivity index (χ4v) is 1.53. The average molecular weight is 257 g/mol. The maximum absolute atomic E-state index is 10.9. The number of ketones is 1. The van der Waals surface area contributed by atoms with Gasteiger partial charge in [-0.3, -0.25) is 4.79 Å². The number of rotatable bonds is 3. The lowest BCUT2D eigenvalue weighted by Crippen LogP contribution is -2.06. The monoisotopic (exact) mass is 256 g/mol. The van der Waals surface area contributed by atoms with E-state index in [0.29, 0.717) is 10.0 Å². The van der Waals surface area contributed by atoms with Gasteiger partial charge >= 0.3 is 5.97 Å². The first kappa shape index (κ1) is 10.9. The molecule has 0 saturated heterocycles. The van der Waals surface area contributed by atoms with Crippen molar-refractivity contribution in [1.29, 1.82) is 0 Å². The summed E-state index contributed by atoms with van der Waals surface area (Å²) in [7, 11) is 0. The predicted octanol–water partition coefficient (Wildman–Crippen LogP) is 2.28. The third-order valence-electron chi connectivity index (χ3n) is 1.74. The van der Waals surface area contributed by atoms with E-state index in [0.717, 1.165) is 0 Å². The molecule has 0 bridgehead atoms. The lowest BCUT2D eigenvalue weighted by Gasteiger charge is -2.04. The van der Waals surface area contributed by atoms with Crippen molar-refractivity contribution in [3.8, 4) is 0 Å². The Morgan fingerprint density at radius 3 is 2.57 bits per heavy atom. The zero-order valence-corrected chi connectivity index (χ0v) is 9.17. The summed E-state index contributed by atoms with van der Waals surface area (Å²) in [5, 5.41) is 8.87. The van der Waals surface area contributed by atoms with Gasteiger partial charge in [0.05, 0.1) is 5.56 Å². The van der Waals surface area contributed by atoms with Gasteiger partial charge in [-0.1, -0.05) is 22.0 Å². The van der Waals surface area contributed by atoms with Crippen LogP contribution in [0, 0.1) is 0 Å². The van der Waals surface area contributed by atoms with Gasteiger partial charge in [0, 0.05) is 10.9 Å². The number of carbonyl (C=O) groups excluding carboxylic acids is 1. The molecule has 0 radical (unpaired) electrons. The fraction of sp³-hybridized carbons (Fsp3) is 0.200. The van der Waals surface area contributed by atoms with Crippen LogP contribution in [0.2, 0.25) is 0 Å². The lowest BCUT2D eigenvalue weighted by molar-refractivity contribution is -0.116. The van der Waals surface area contributed by atoms with Gasteiger partial charge in [-0.15, -0.1) is 0 Å². The molecule has 1 N–H and O–H groups in total. The Morgan fingerprint density at radius 2 is 2.07 bits per heavy atom. The standard InChI is InChI=1S/C10H9BrO3/c1-6(12)4-7-2-3-8(11)5-9(7)10(13)14/h2-3,5H,4H2,1H3,(H,13,14). The van der Waals surface area contributed by atoms with Crippen LogP contribution in [0.15, 0.2) is 22.7 Å². The van der Waals surface area contributed by atoms with E-state index in [2.05, 4.69) is 15.9 Å². The molecule has 3 nitrogen and oxygen atoms in total. The predicted molar refractivity (Wildman–Crippen MR) is 55.5 cm³/mol.